The van der Waals surface area contributed by atoms with Crippen LogP contribution in [0.25, 0.3) is 0 Å². The SMILES string of the molecule is CN=C(NC)NCC(=O)Nc1ccccc1. The van der Waals surface area contributed by atoms with Gasteiger partial charge in [-0.15, -0.1) is 0 Å². The lowest BCUT2D eigenvalue weighted by atomic mass is 10.3. The molecule has 0 radical (unpaired) electrons. The Hall–Kier alpha value is -2.04. The van der Waals surface area contributed by atoms with Crippen LogP contribution < -0.4 is 16.0 Å². The van der Waals surface area contributed by atoms with Crippen LogP contribution >= 0.6 is 0 Å². The normalized spacial score (nSPS) is 10.8. The second-order valence-electron chi connectivity index (χ2n) is 3.09. The van der Waals surface area contributed by atoms with Crippen LogP contribution in [0.3, 0.4) is 0 Å². The number of para-hydroxylation sites is 1. The molecule has 1 rings (SSSR count). The van der Waals surface area contributed by atoms with Crippen molar-refractivity contribution in [3.05, 3.63) is 30.3 Å². The van der Waals surface area contributed by atoms with Gasteiger partial charge < -0.3 is 16.0 Å². The molecule has 0 aliphatic heterocycles. The van der Waals surface area contributed by atoms with Crippen molar-refractivity contribution in [1.29, 1.82) is 0 Å². The first kappa shape index (κ1) is 12.0. The first-order valence-electron chi connectivity index (χ1n) is 4.99. The molecule has 1 amide bonds. The molecule has 0 saturated heterocycles. The predicted molar refractivity (Wildman–Crippen MR) is 65.5 cm³/mol. The van der Waals surface area contributed by atoms with Crippen LogP contribution in [0.2, 0.25) is 0 Å². The van der Waals surface area contributed by atoms with Crippen molar-refractivity contribution < 1.29 is 4.79 Å². The van der Waals surface area contributed by atoms with E-state index < -0.39 is 0 Å². The zero-order valence-electron chi connectivity index (χ0n) is 9.45. The zero-order valence-corrected chi connectivity index (χ0v) is 9.45. The summed E-state index contributed by atoms with van der Waals surface area (Å²) in [7, 11) is 3.39. The van der Waals surface area contributed by atoms with Gasteiger partial charge in [-0.3, -0.25) is 9.79 Å². The third kappa shape index (κ3) is 4.00. The van der Waals surface area contributed by atoms with E-state index >= 15 is 0 Å². The topological polar surface area (TPSA) is 65.5 Å². The number of nitrogens with zero attached hydrogens (tertiary/aromatic N) is 1. The summed E-state index contributed by atoms with van der Waals surface area (Å²) >= 11 is 0. The third-order valence-electron chi connectivity index (χ3n) is 1.93. The maximum atomic E-state index is 11.5. The minimum atomic E-state index is -0.109. The molecule has 0 aliphatic rings. The number of benzene rings is 1. The van der Waals surface area contributed by atoms with Crippen LogP contribution in [0.15, 0.2) is 35.3 Å². The first-order chi connectivity index (χ1) is 7.76. The second kappa shape index (κ2) is 6.44. The van der Waals surface area contributed by atoms with Crippen LogP contribution in [0, 0.1) is 0 Å². The van der Waals surface area contributed by atoms with Gasteiger partial charge in [-0.25, -0.2) is 0 Å². The summed E-state index contributed by atoms with van der Waals surface area (Å²) in [4.78, 5) is 15.4. The lowest BCUT2D eigenvalue weighted by Crippen LogP contribution is -2.39. The van der Waals surface area contributed by atoms with Crippen LogP contribution in [0.1, 0.15) is 0 Å². The number of carbonyl (C=O) groups is 1. The van der Waals surface area contributed by atoms with Crippen molar-refractivity contribution in [3.8, 4) is 0 Å². The molecule has 86 valence electrons. The fraction of sp³-hybridized carbons (Fsp3) is 0.273. The van der Waals surface area contributed by atoms with Crippen molar-refractivity contribution in [3.63, 3.8) is 0 Å². The van der Waals surface area contributed by atoms with Crippen LogP contribution in [-0.2, 0) is 4.79 Å². The largest absolute Gasteiger partial charge is 0.359 e. The summed E-state index contributed by atoms with van der Waals surface area (Å²) in [6.45, 7) is 0.183. The number of anilines is 1. The van der Waals surface area contributed by atoms with E-state index in [0.717, 1.165) is 5.69 Å². The highest BCUT2D eigenvalue weighted by molar-refractivity contribution is 5.94. The molecule has 3 N–H and O–H groups in total. The van der Waals surface area contributed by atoms with Gasteiger partial charge in [0.25, 0.3) is 0 Å². The average molecular weight is 220 g/mol. The Bertz CT molecular complexity index is 362. The number of aliphatic imine (C=N–C) groups is 1. The second-order valence-corrected chi connectivity index (χ2v) is 3.09. The Morgan fingerprint density at radius 2 is 2.00 bits per heavy atom. The Balaban J connectivity index is 2.37. The molecule has 16 heavy (non-hydrogen) atoms. The molecule has 0 unspecified atom stereocenters. The van der Waals surface area contributed by atoms with Gasteiger partial charge in [0.1, 0.15) is 0 Å². The van der Waals surface area contributed by atoms with Gasteiger partial charge in [0.2, 0.25) is 5.91 Å². The molecule has 0 spiro atoms. The summed E-state index contributed by atoms with van der Waals surface area (Å²) < 4.78 is 0. The average Bonchev–Trinajstić information content (AvgIpc) is 2.31. The molecule has 0 atom stereocenters. The summed E-state index contributed by atoms with van der Waals surface area (Å²) in [6.07, 6.45) is 0. The number of rotatable bonds is 3. The van der Waals surface area contributed by atoms with Gasteiger partial charge in [0.15, 0.2) is 5.96 Å². The monoisotopic (exact) mass is 220 g/mol. The van der Waals surface area contributed by atoms with E-state index in [0.29, 0.717) is 5.96 Å². The molecule has 1 aromatic rings. The van der Waals surface area contributed by atoms with Gasteiger partial charge in [-0.05, 0) is 12.1 Å². The van der Waals surface area contributed by atoms with Crippen LogP contribution in [0.4, 0.5) is 5.69 Å². The number of amides is 1. The highest BCUT2D eigenvalue weighted by Crippen LogP contribution is 2.03. The van der Waals surface area contributed by atoms with Gasteiger partial charge in [0.05, 0.1) is 6.54 Å². The Morgan fingerprint density at radius 3 is 2.56 bits per heavy atom. The third-order valence-corrected chi connectivity index (χ3v) is 1.93. The number of nitrogens with one attached hydrogen (secondary N) is 3. The molecule has 0 aromatic heterocycles. The minimum absolute atomic E-state index is 0.109. The van der Waals surface area contributed by atoms with Crippen molar-refractivity contribution in [2.75, 3.05) is 26.0 Å². The number of hydrogen-bond donors (Lipinski definition) is 3. The van der Waals surface area contributed by atoms with E-state index in [2.05, 4.69) is 20.9 Å². The maximum Gasteiger partial charge on any atom is 0.243 e. The molecule has 1 aromatic carbocycles. The highest BCUT2D eigenvalue weighted by Gasteiger charge is 2.02. The smallest absolute Gasteiger partial charge is 0.243 e. The summed E-state index contributed by atoms with van der Waals surface area (Å²) in [5, 5.41) is 8.46. The lowest BCUT2D eigenvalue weighted by Gasteiger charge is -2.08. The standard InChI is InChI=1S/C11H16N4O/c1-12-11(13-2)14-8-10(16)15-9-6-4-3-5-7-9/h3-7H,8H2,1-2H3,(H,15,16)(H2,12,13,14). The van der Waals surface area contributed by atoms with Crippen LogP contribution in [0.5, 0.6) is 0 Å². The Morgan fingerprint density at radius 1 is 1.31 bits per heavy atom. The van der Waals surface area contributed by atoms with Crippen LogP contribution in [-0.4, -0.2) is 32.5 Å². The molecule has 0 heterocycles. The zero-order chi connectivity index (χ0) is 11.8. The number of guanidine groups is 1. The summed E-state index contributed by atoms with van der Waals surface area (Å²) in [5.74, 6) is 0.478. The molecule has 0 fully saturated rings. The Kier molecular flexibility index (Phi) is 4.85. The minimum Gasteiger partial charge on any atom is -0.359 e. The highest BCUT2D eigenvalue weighted by atomic mass is 16.1. The fourth-order valence-electron chi connectivity index (χ4n) is 1.17. The number of hydrogen-bond acceptors (Lipinski definition) is 2. The van der Waals surface area contributed by atoms with Crippen molar-refractivity contribution >= 4 is 17.6 Å². The molecular formula is C11H16N4O. The van der Waals surface area contributed by atoms with Gasteiger partial charge in [-0.2, -0.15) is 0 Å². The van der Waals surface area contributed by atoms with E-state index in [1.165, 1.54) is 0 Å². The molecule has 0 bridgehead atoms. The van der Waals surface area contributed by atoms with Gasteiger partial charge in [0, 0.05) is 19.8 Å². The van der Waals surface area contributed by atoms with Crippen molar-refractivity contribution in [2.24, 2.45) is 4.99 Å². The van der Waals surface area contributed by atoms with E-state index in [1.54, 1.807) is 14.1 Å². The van der Waals surface area contributed by atoms with Crippen molar-refractivity contribution in [1.82, 2.24) is 10.6 Å². The quantitative estimate of drug-likeness (QED) is 0.511. The molecule has 0 aliphatic carbocycles. The summed E-state index contributed by atoms with van der Waals surface area (Å²) in [5.41, 5.74) is 0.786. The van der Waals surface area contributed by atoms with E-state index in [1.807, 2.05) is 30.3 Å². The van der Waals surface area contributed by atoms with Gasteiger partial charge >= 0.3 is 0 Å². The predicted octanol–water partition coefficient (Wildman–Crippen LogP) is 0.420. The fourth-order valence-corrected chi connectivity index (χ4v) is 1.17. The van der Waals surface area contributed by atoms with Crippen molar-refractivity contribution in [2.45, 2.75) is 0 Å². The van der Waals surface area contributed by atoms with E-state index in [9.17, 15) is 4.79 Å². The Labute approximate surface area is 95.0 Å². The van der Waals surface area contributed by atoms with E-state index in [4.69, 9.17) is 0 Å². The van der Waals surface area contributed by atoms with Gasteiger partial charge in [-0.1, -0.05) is 18.2 Å². The first-order valence-corrected chi connectivity index (χ1v) is 4.99. The van der Waals surface area contributed by atoms with E-state index in [-0.39, 0.29) is 12.5 Å². The lowest BCUT2D eigenvalue weighted by molar-refractivity contribution is -0.115. The number of carbonyl (C=O) groups excluding carboxylic acids is 1. The summed E-state index contributed by atoms with van der Waals surface area (Å²) in [6, 6.07) is 9.32. The molecular weight excluding hydrogens is 204 g/mol. The maximum absolute atomic E-state index is 11.5. The molecule has 5 heteroatoms. The molecule has 0 saturated carbocycles. The molecule has 5 nitrogen and oxygen atoms in total.